The molecule has 7 heteroatoms. The van der Waals surface area contributed by atoms with Crippen molar-refractivity contribution < 1.29 is 9.59 Å². The molecule has 3 aromatic rings. The summed E-state index contributed by atoms with van der Waals surface area (Å²) in [5, 5.41) is 3.22. The number of imidazole rings is 1. The third-order valence-electron chi connectivity index (χ3n) is 4.72. The van der Waals surface area contributed by atoms with Gasteiger partial charge in [-0.05, 0) is 43.5 Å². The van der Waals surface area contributed by atoms with E-state index >= 15 is 0 Å². The largest absolute Gasteiger partial charge is 0.336 e. The monoisotopic (exact) mass is 382 g/mol. The van der Waals surface area contributed by atoms with Crippen molar-refractivity contribution in [3.05, 3.63) is 65.2 Å². The number of aromatic nitrogens is 2. The summed E-state index contributed by atoms with van der Waals surface area (Å²) in [5.74, 6) is -0.283. The third kappa shape index (κ3) is 3.40. The Morgan fingerprint density at radius 1 is 1.00 bits per heavy atom. The minimum absolute atomic E-state index is 0.146. The maximum absolute atomic E-state index is 13.0. The molecule has 138 valence electrons. The van der Waals surface area contributed by atoms with E-state index in [0.717, 1.165) is 32.4 Å². The van der Waals surface area contributed by atoms with E-state index in [2.05, 4.69) is 10.3 Å². The number of rotatable bonds is 3. The number of nitrogens with zero attached hydrogens (tertiary/aromatic N) is 3. The molecule has 27 heavy (non-hydrogen) atoms. The van der Waals surface area contributed by atoms with Gasteiger partial charge in [-0.1, -0.05) is 29.8 Å². The molecule has 0 radical (unpaired) electrons. The Bertz CT molecular complexity index is 1010. The molecule has 1 saturated heterocycles. The van der Waals surface area contributed by atoms with E-state index in [1.54, 1.807) is 45.8 Å². The van der Waals surface area contributed by atoms with E-state index < -0.39 is 5.91 Å². The summed E-state index contributed by atoms with van der Waals surface area (Å²) in [7, 11) is 0. The van der Waals surface area contributed by atoms with Gasteiger partial charge in [0.05, 0.1) is 16.2 Å². The second-order valence-electron chi connectivity index (χ2n) is 6.53. The number of piperidine rings is 1. The minimum atomic E-state index is -0.399. The standard InChI is InChI=1S/C20H19ClN4O2/c21-14-8-2-3-9-15(14)22-19(26)17-16-10-4-7-13-25(16)18(23-17)20(27)24-11-5-1-6-12-24/h2-4,7-10,13H,1,5-6,11-12H2,(H,22,26). The van der Waals surface area contributed by atoms with E-state index in [1.165, 1.54) is 0 Å². The van der Waals surface area contributed by atoms with Gasteiger partial charge in [-0.25, -0.2) is 4.98 Å². The quantitative estimate of drug-likeness (QED) is 0.747. The fraction of sp³-hybridized carbons (Fsp3) is 0.250. The highest BCUT2D eigenvalue weighted by Crippen LogP contribution is 2.23. The van der Waals surface area contributed by atoms with Crippen molar-refractivity contribution in [2.45, 2.75) is 19.3 Å². The number of likely N-dealkylation sites (tertiary alicyclic amines) is 1. The number of hydrogen-bond donors (Lipinski definition) is 1. The van der Waals surface area contributed by atoms with Crippen LogP contribution in [0.4, 0.5) is 5.69 Å². The van der Waals surface area contributed by atoms with Crippen LogP contribution in [0.3, 0.4) is 0 Å². The minimum Gasteiger partial charge on any atom is -0.336 e. The molecule has 0 saturated carbocycles. The Labute approximate surface area is 161 Å². The molecule has 1 aliphatic rings. The summed E-state index contributed by atoms with van der Waals surface area (Å²) in [6.45, 7) is 1.45. The second kappa shape index (κ2) is 7.40. The number of fused-ring (bicyclic) bond motifs is 1. The Kier molecular flexibility index (Phi) is 4.81. The Hall–Kier alpha value is -2.86. The van der Waals surface area contributed by atoms with Crippen LogP contribution in [0.5, 0.6) is 0 Å². The molecular formula is C20H19ClN4O2. The van der Waals surface area contributed by atoms with Gasteiger partial charge in [0.1, 0.15) is 0 Å². The van der Waals surface area contributed by atoms with Crippen molar-refractivity contribution in [2.24, 2.45) is 0 Å². The van der Waals surface area contributed by atoms with Gasteiger partial charge in [-0.2, -0.15) is 0 Å². The lowest BCUT2D eigenvalue weighted by atomic mass is 10.1. The van der Waals surface area contributed by atoms with Crippen molar-refractivity contribution in [1.29, 1.82) is 0 Å². The first-order valence-electron chi connectivity index (χ1n) is 8.97. The van der Waals surface area contributed by atoms with Gasteiger partial charge in [-0.15, -0.1) is 0 Å². The van der Waals surface area contributed by atoms with Gasteiger partial charge in [-0.3, -0.25) is 14.0 Å². The smallest absolute Gasteiger partial charge is 0.290 e. The second-order valence-corrected chi connectivity index (χ2v) is 6.93. The Morgan fingerprint density at radius 2 is 1.74 bits per heavy atom. The zero-order chi connectivity index (χ0) is 18.8. The molecule has 2 amide bonds. The molecule has 2 aromatic heterocycles. The zero-order valence-corrected chi connectivity index (χ0v) is 15.4. The van der Waals surface area contributed by atoms with Crippen LogP contribution in [-0.2, 0) is 0 Å². The maximum atomic E-state index is 13.0. The van der Waals surface area contributed by atoms with Gasteiger partial charge >= 0.3 is 0 Å². The average molecular weight is 383 g/mol. The van der Waals surface area contributed by atoms with Gasteiger partial charge < -0.3 is 10.2 Å². The van der Waals surface area contributed by atoms with Crippen molar-refractivity contribution in [3.63, 3.8) is 0 Å². The van der Waals surface area contributed by atoms with Gasteiger partial charge in [0.15, 0.2) is 5.69 Å². The lowest BCUT2D eigenvalue weighted by molar-refractivity contribution is 0.0711. The highest BCUT2D eigenvalue weighted by Gasteiger charge is 2.26. The molecule has 0 aliphatic carbocycles. The molecule has 3 heterocycles. The molecule has 4 rings (SSSR count). The predicted molar refractivity (Wildman–Crippen MR) is 104 cm³/mol. The van der Waals surface area contributed by atoms with Crippen molar-refractivity contribution in [3.8, 4) is 0 Å². The van der Waals surface area contributed by atoms with E-state index in [4.69, 9.17) is 11.6 Å². The summed E-state index contributed by atoms with van der Waals surface area (Å²) >= 11 is 6.13. The fourth-order valence-electron chi connectivity index (χ4n) is 3.34. The first-order valence-corrected chi connectivity index (χ1v) is 9.35. The SMILES string of the molecule is O=C(Nc1ccccc1Cl)c1nc(C(=O)N2CCCCC2)n2ccccc12. The number of carbonyl (C=O) groups excluding carboxylic acids is 2. The lowest BCUT2D eigenvalue weighted by Gasteiger charge is -2.25. The Morgan fingerprint density at radius 3 is 2.52 bits per heavy atom. The van der Waals surface area contributed by atoms with Crippen LogP contribution in [0.25, 0.3) is 5.52 Å². The van der Waals surface area contributed by atoms with Crippen LogP contribution in [0, 0.1) is 0 Å². The van der Waals surface area contributed by atoms with Crippen LogP contribution in [-0.4, -0.2) is 39.2 Å². The molecule has 6 nitrogen and oxygen atoms in total. The highest BCUT2D eigenvalue weighted by atomic mass is 35.5. The number of pyridine rings is 1. The molecule has 1 fully saturated rings. The normalized spacial score (nSPS) is 14.3. The maximum Gasteiger partial charge on any atom is 0.290 e. The fourth-order valence-corrected chi connectivity index (χ4v) is 3.52. The topological polar surface area (TPSA) is 66.7 Å². The van der Waals surface area contributed by atoms with E-state index in [-0.39, 0.29) is 17.4 Å². The number of nitrogens with one attached hydrogen (secondary N) is 1. The average Bonchev–Trinajstić information content (AvgIpc) is 3.10. The van der Waals surface area contributed by atoms with E-state index in [0.29, 0.717) is 16.2 Å². The number of anilines is 1. The molecular weight excluding hydrogens is 364 g/mol. The summed E-state index contributed by atoms with van der Waals surface area (Å²) in [5.41, 5.74) is 1.29. The van der Waals surface area contributed by atoms with Crippen molar-refractivity contribution >= 4 is 34.6 Å². The number of amides is 2. The molecule has 0 bridgehead atoms. The van der Waals surface area contributed by atoms with Crippen LogP contribution in [0.15, 0.2) is 48.7 Å². The van der Waals surface area contributed by atoms with Crippen LogP contribution >= 0.6 is 11.6 Å². The summed E-state index contributed by atoms with van der Waals surface area (Å²) in [4.78, 5) is 32.0. The first-order chi connectivity index (χ1) is 13.1. The summed E-state index contributed by atoms with van der Waals surface area (Å²) < 4.78 is 1.68. The molecule has 1 aliphatic heterocycles. The molecule has 1 N–H and O–H groups in total. The summed E-state index contributed by atoms with van der Waals surface area (Å²) in [6.07, 6.45) is 4.88. The van der Waals surface area contributed by atoms with Crippen molar-refractivity contribution in [1.82, 2.24) is 14.3 Å². The van der Waals surface area contributed by atoms with Gasteiger partial charge in [0, 0.05) is 19.3 Å². The van der Waals surface area contributed by atoms with Crippen LogP contribution in [0.2, 0.25) is 5.02 Å². The van der Waals surface area contributed by atoms with E-state index in [1.807, 2.05) is 12.1 Å². The third-order valence-corrected chi connectivity index (χ3v) is 5.05. The zero-order valence-electron chi connectivity index (χ0n) is 14.7. The lowest BCUT2D eigenvalue weighted by Crippen LogP contribution is -2.36. The number of carbonyl (C=O) groups is 2. The number of hydrogen-bond acceptors (Lipinski definition) is 3. The first kappa shape index (κ1) is 17.5. The predicted octanol–water partition coefficient (Wildman–Crippen LogP) is 3.87. The highest BCUT2D eigenvalue weighted by molar-refractivity contribution is 6.34. The van der Waals surface area contributed by atoms with Crippen molar-refractivity contribution in [2.75, 3.05) is 18.4 Å². The summed E-state index contributed by atoms with van der Waals surface area (Å²) in [6, 6.07) is 12.4. The number of halogens is 1. The van der Waals surface area contributed by atoms with E-state index in [9.17, 15) is 9.59 Å². The van der Waals surface area contributed by atoms with Gasteiger partial charge in [0.25, 0.3) is 11.8 Å². The van der Waals surface area contributed by atoms with Crippen LogP contribution in [0.1, 0.15) is 40.4 Å². The van der Waals surface area contributed by atoms with Gasteiger partial charge in [0.2, 0.25) is 5.82 Å². The Balaban J connectivity index is 1.70. The molecule has 0 spiro atoms. The van der Waals surface area contributed by atoms with Crippen LogP contribution < -0.4 is 5.32 Å². The number of benzene rings is 1. The molecule has 1 aromatic carbocycles. The molecule has 0 unspecified atom stereocenters. The molecule has 0 atom stereocenters. The number of para-hydroxylation sites is 1.